The Bertz CT molecular complexity index is 728. The van der Waals surface area contributed by atoms with Gasteiger partial charge >= 0.3 is 0 Å². The maximum atomic E-state index is 12.4. The fourth-order valence-corrected chi connectivity index (χ4v) is 2.01. The molecule has 0 unspecified atom stereocenters. The number of benzene rings is 1. The molecule has 1 amide bonds. The minimum atomic E-state index is -0.228. The Morgan fingerprint density at radius 2 is 1.90 bits per heavy atom. The van der Waals surface area contributed by atoms with E-state index in [1.165, 1.54) is 0 Å². The molecule has 0 aliphatic heterocycles. The predicted octanol–water partition coefficient (Wildman–Crippen LogP) is 2.29. The summed E-state index contributed by atoms with van der Waals surface area (Å²) < 4.78 is 0. The average molecular weight is 300 g/mol. The van der Waals surface area contributed by atoms with Gasteiger partial charge in [-0.25, -0.2) is 0 Å². The average Bonchev–Trinajstić information content (AvgIpc) is 2.43. The zero-order valence-electron chi connectivity index (χ0n) is 12.1. The molecule has 108 valence electrons. The molecule has 6 heteroatoms. The summed E-state index contributed by atoms with van der Waals surface area (Å²) in [5.41, 5.74) is 9.72. The smallest absolute Gasteiger partial charge is 0.257 e. The number of amides is 1. The van der Waals surface area contributed by atoms with E-state index in [-0.39, 0.29) is 5.91 Å². The van der Waals surface area contributed by atoms with Gasteiger partial charge in [0, 0.05) is 11.3 Å². The molecule has 1 heterocycles. The van der Waals surface area contributed by atoms with E-state index in [0.717, 1.165) is 5.56 Å². The Labute approximate surface area is 128 Å². The molecule has 0 saturated carbocycles. The van der Waals surface area contributed by atoms with Crippen molar-refractivity contribution >= 4 is 28.8 Å². The maximum Gasteiger partial charge on any atom is 0.257 e. The van der Waals surface area contributed by atoms with Crippen LogP contribution in [-0.2, 0) is 0 Å². The van der Waals surface area contributed by atoms with Gasteiger partial charge in [-0.05, 0) is 38.5 Å². The number of carbonyl (C=O) groups is 1. The number of aryl methyl sites for hydroxylation is 3. The van der Waals surface area contributed by atoms with Crippen molar-refractivity contribution in [1.29, 1.82) is 0 Å². The second-order valence-electron chi connectivity index (χ2n) is 4.83. The monoisotopic (exact) mass is 300 g/mol. The van der Waals surface area contributed by atoms with Gasteiger partial charge in [-0.15, -0.1) is 0 Å². The lowest BCUT2D eigenvalue weighted by molar-refractivity contribution is 0.102. The summed E-state index contributed by atoms with van der Waals surface area (Å²) in [5, 5.41) is 10.7. The second-order valence-corrected chi connectivity index (χ2v) is 5.27. The van der Waals surface area contributed by atoms with Crippen molar-refractivity contribution < 1.29 is 4.79 Å². The highest BCUT2D eigenvalue weighted by molar-refractivity contribution is 7.80. The molecule has 2 aromatic rings. The number of anilines is 1. The molecule has 3 N–H and O–H groups in total. The highest BCUT2D eigenvalue weighted by Gasteiger charge is 2.13. The zero-order valence-corrected chi connectivity index (χ0v) is 12.9. The summed E-state index contributed by atoms with van der Waals surface area (Å²) in [6.07, 6.45) is 0. The molecule has 0 bridgehead atoms. The molecule has 0 spiro atoms. The van der Waals surface area contributed by atoms with Crippen molar-refractivity contribution in [2.75, 3.05) is 5.32 Å². The third kappa shape index (κ3) is 3.41. The quantitative estimate of drug-likeness (QED) is 0.850. The summed E-state index contributed by atoms with van der Waals surface area (Å²) in [4.78, 5) is 12.7. The highest BCUT2D eigenvalue weighted by atomic mass is 32.1. The fraction of sp³-hybridized carbons (Fsp3) is 0.200. The van der Waals surface area contributed by atoms with E-state index in [0.29, 0.717) is 33.2 Å². The van der Waals surface area contributed by atoms with Crippen molar-refractivity contribution in [2.24, 2.45) is 5.73 Å². The molecule has 1 aromatic heterocycles. The van der Waals surface area contributed by atoms with Crippen molar-refractivity contribution in [3.05, 3.63) is 52.3 Å². The first-order chi connectivity index (χ1) is 9.88. The van der Waals surface area contributed by atoms with Gasteiger partial charge < -0.3 is 11.1 Å². The molecule has 0 fully saturated rings. The van der Waals surface area contributed by atoms with Crippen LogP contribution in [-0.4, -0.2) is 21.1 Å². The standard InChI is InChI=1S/C15H16N4OS/c1-8-4-5-11(14(16)21)7-13(8)17-15(20)12-6-9(2)18-19-10(12)3/h4-7H,1-3H3,(H2,16,21)(H,17,20). The lowest BCUT2D eigenvalue weighted by Gasteiger charge is -2.11. The third-order valence-electron chi connectivity index (χ3n) is 3.12. The van der Waals surface area contributed by atoms with E-state index in [1.807, 2.05) is 19.1 Å². The molecule has 21 heavy (non-hydrogen) atoms. The van der Waals surface area contributed by atoms with Gasteiger partial charge in [0.2, 0.25) is 0 Å². The Kier molecular flexibility index (Phi) is 4.28. The lowest BCUT2D eigenvalue weighted by Crippen LogP contribution is -2.17. The molecular weight excluding hydrogens is 284 g/mol. The van der Waals surface area contributed by atoms with Crippen LogP contribution in [0.5, 0.6) is 0 Å². The van der Waals surface area contributed by atoms with Crippen LogP contribution in [0.15, 0.2) is 24.3 Å². The number of nitrogens with zero attached hydrogens (tertiary/aromatic N) is 2. The molecule has 0 saturated heterocycles. The van der Waals surface area contributed by atoms with Crippen LogP contribution in [0.2, 0.25) is 0 Å². The molecule has 0 atom stereocenters. The second kappa shape index (κ2) is 5.97. The topological polar surface area (TPSA) is 80.9 Å². The van der Waals surface area contributed by atoms with Gasteiger partial charge in [0.15, 0.2) is 0 Å². The van der Waals surface area contributed by atoms with Crippen molar-refractivity contribution in [3.8, 4) is 0 Å². The Hall–Kier alpha value is -2.34. The van der Waals surface area contributed by atoms with Crippen molar-refractivity contribution in [1.82, 2.24) is 10.2 Å². The van der Waals surface area contributed by atoms with E-state index in [2.05, 4.69) is 15.5 Å². The molecular formula is C15H16N4OS. The van der Waals surface area contributed by atoms with Crippen LogP contribution >= 0.6 is 12.2 Å². The van der Waals surface area contributed by atoms with E-state index < -0.39 is 0 Å². The van der Waals surface area contributed by atoms with E-state index in [4.69, 9.17) is 18.0 Å². The van der Waals surface area contributed by atoms with Gasteiger partial charge in [0.25, 0.3) is 5.91 Å². The molecule has 0 radical (unpaired) electrons. The van der Waals surface area contributed by atoms with Gasteiger partial charge in [0.1, 0.15) is 4.99 Å². The Morgan fingerprint density at radius 3 is 2.57 bits per heavy atom. The molecule has 0 aliphatic rings. The first kappa shape index (κ1) is 15.1. The van der Waals surface area contributed by atoms with Gasteiger partial charge in [0.05, 0.1) is 17.0 Å². The summed E-state index contributed by atoms with van der Waals surface area (Å²) in [6.45, 7) is 5.45. The zero-order chi connectivity index (χ0) is 15.6. The van der Waals surface area contributed by atoms with Gasteiger partial charge in [-0.1, -0.05) is 24.4 Å². The first-order valence-electron chi connectivity index (χ1n) is 6.41. The molecule has 0 aliphatic carbocycles. The summed E-state index contributed by atoms with van der Waals surface area (Å²) in [5.74, 6) is -0.228. The maximum absolute atomic E-state index is 12.4. The third-order valence-corrected chi connectivity index (χ3v) is 3.35. The predicted molar refractivity (Wildman–Crippen MR) is 86.5 cm³/mol. The van der Waals surface area contributed by atoms with Crippen LogP contribution in [0, 0.1) is 20.8 Å². The van der Waals surface area contributed by atoms with Gasteiger partial charge in [-0.2, -0.15) is 10.2 Å². The number of nitrogens with one attached hydrogen (secondary N) is 1. The lowest BCUT2D eigenvalue weighted by atomic mass is 10.1. The van der Waals surface area contributed by atoms with E-state index >= 15 is 0 Å². The molecule has 2 rings (SSSR count). The number of hydrogen-bond donors (Lipinski definition) is 2. The Morgan fingerprint density at radius 1 is 1.19 bits per heavy atom. The van der Waals surface area contributed by atoms with Crippen molar-refractivity contribution in [3.63, 3.8) is 0 Å². The summed E-state index contributed by atoms with van der Waals surface area (Å²) >= 11 is 4.96. The van der Waals surface area contributed by atoms with Crippen LogP contribution in [0.4, 0.5) is 5.69 Å². The minimum Gasteiger partial charge on any atom is -0.389 e. The van der Waals surface area contributed by atoms with Gasteiger partial charge in [-0.3, -0.25) is 4.79 Å². The van der Waals surface area contributed by atoms with Crippen LogP contribution in [0.25, 0.3) is 0 Å². The van der Waals surface area contributed by atoms with Crippen LogP contribution in [0.1, 0.15) is 32.9 Å². The highest BCUT2D eigenvalue weighted by Crippen LogP contribution is 2.18. The molecule has 5 nitrogen and oxygen atoms in total. The van der Waals surface area contributed by atoms with E-state index in [9.17, 15) is 4.79 Å². The fourth-order valence-electron chi connectivity index (χ4n) is 1.88. The summed E-state index contributed by atoms with van der Waals surface area (Å²) in [6, 6.07) is 7.18. The first-order valence-corrected chi connectivity index (χ1v) is 6.82. The largest absolute Gasteiger partial charge is 0.389 e. The Balaban J connectivity index is 2.33. The number of carbonyl (C=O) groups excluding carboxylic acids is 1. The minimum absolute atomic E-state index is 0.228. The SMILES string of the molecule is Cc1cc(C(=O)Nc2cc(C(N)=S)ccc2C)c(C)nn1. The molecule has 1 aromatic carbocycles. The number of aromatic nitrogens is 2. The van der Waals surface area contributed by atoms with Crippen molar-refractivity contribution in [2.45, 2.75) is 20.8 Å². The number of thiocarbonyl (C=S) groups is 1. The van der Waals surface area contributed by atoms with E-state index in [1.54, 1.807) is 26.0 Å². The number of hydrogen-bond acceptors (Lipinski definition) is 4. The number of nitrogens with two attached hydrogens (primary N) is 1. The normalized spacial score (nSPS) is 10.2. The number of rotatable bonds is 3. The van der Waals surface area contributed by atoms with Crippen LogP contribution in [0.3, 0.4) is 0 Å². The summed E-state index contributed by atoms with van der Waals surface area (Å²) in [7, 11) is 0. The van der Waals surface area contributed by atoms with Crippen LogP contribution < -0.4 is 11.1 Å².